The number of rotatable bonds is 3. The maximum atomic E-state index is 4.95. The fourth-order valence-electron chi connectivity index (χ4n) is 5.06. The number of hydrogen-bond acceptors (Lipinski definition) is 4. The van der Waals surface area contributed by atoms with Crippen molar-refractivity contribution in [1.29, 1.82) is 0 Å². The summed E-state index contributed by atoms with van der Waals surface area (Å²) in [6.45, 7) is 13.9. The first-order valence-corrected chi connectivity index (χ1v) is 14.5. The van der Waals surface area contributed by atoms with Gasteiger partial charge >= 0.3 is 0 Å². The lowest BCUT2D eigenvalue weighted by Crippen LogP contribution is -2.11. The summed E-state index contributed by atoms with van der Waals surface area (Å²) in [4.78, 5) is 6.48. The molecule has 4 aromatic heterocycles. The summed E-state index contributed by atoms with van der Waals surface area (Å²) in [7, 11) is 0. The number of benzene rings is 2. The second-order valence-corrected chi connectivity index (χ2v) is 13.9. The van der Waals surface area contributed by atoms with E-state index in [2.05, 4.69) is 83.3 Å². The second kappa shape index (κ2) is 7.87. The average molecular weight is 500 g/mol. The summed E-state index contributed by atoms with van der Waals surface area (Å²) in [5.74, 6) is 0.668. The highest BCUT2D eigenvalue weighted by molar-refractivity contribution is 7.28. The number of aromatic nitrogens is 1. The van der Waals surface area contributed by atoms with Gasteiger partial charge in [-0.25, -0.2) is 0 Å². The van der Waals surface area contributed by atoms with Crippen LogP contribution in [0.1, 0.15) is 50.6 Å². The summed E-state index contributed by atoms with van der Waals surface area (Å²) in [5, 5.41) is 7.71. The normalized spacial score (nSPS) is 12.8. The van der Waals surface area contributed by atoms with Gasteiger partial charge in [-0.1, -0.05) is 40.7 Å². The van der Waals surface area contributed by atoms with E-state index in [0.717, 1.165) is 12.1 Å². The third-order valence-electron chi connectivity index (χ3n) is 6.78. The van der Waals surface area contributed by atoms with Crippen LogP contribution in [0.4, 0.5) is 0 Å². The number of pyridine rings is 1. The van der Waals surface area contributed by atoms with Crippen LogP contribution >= 0.6 is 34.0 Å². The Morgan fingerprint density at radius 3 is 2.50 bits per heavy atom. The molecule has 6 rings (SSSR count). The van der Waals surface area contributed by atoms with Crippen LogP contribution in [-0.4, -0.2) is 4.98 Å². The molecule has 0 saturated heterocycles. The highest BCUT2D eigenvalue weighted by atomic mass is 32.1. The molecular formula is C30H29NS3. The number of thiophene rings is 3. The van der Waals surface area contributed by atoms with Crippen molar-refractivity contribution in [3.63, 3.8) is 0 Å². The zero-order valence-corrected chi connectivity index (χ0v) is 23.0. The van der Waals surface area contributed by atoms with Crippen LogP contribution in [0.5, 0.6) is 0 Å². The molecule has 0 atom stereocenters. The lowest BCUT2D eigenvalue weighted by atomic mass is 9.85. The molecule has 4 heterocycles. The van der Waals surface area contributed by atoms with E-state index in [0.29, 0.717) is 5.92 Å². The minimum atomic E-state index is 0.0840. The molecule has 0 unspecified atom stereocenters. The Balaban J connectivity index is 1.64. The molecule has 0 saturated carbocycles. The van der Waals surface area contributed by atoms with Gasteiger partial charge in [-0.2, -0.15) is 0 Å². The molecule has 0 radical (unpaired) electrons. The largest absolute Gasteiger partial charge is 0.255 e. The summed E-state index contributed by atoms with van der Waals surface area (Å²) in [6.07, 6.45) is 3.16. The van der Waals surface area contributed by atoms with Crippen LogP contribution in [-0.2, 0) is 11.8 Å². The first-order valence-electron chi connectivity index (χ1n) is 12.0. The molecule has 0 N–H and O–H groups in total. The summed E-state index contributed by atoms with van der Waals surface area (Å²) in [6, 6.07) is 13.9. The van der Waals surface area contributed by atoms with E-state index < -0.39 is 0 Å². The maximum absolute atomic E-state index is 4.95. The third kappa shape index (κ3) is 3.42. The van der Waals surface area contributed by atoms with Crippen LogP contribution in [0.25, 0.3) is 51.6 Å². The minimum Gasteiger partial charge on any atom is -0.255 e. The van der Waals surface area contributed by atoms with E-state index in [1.54, 1.807) is 0 Å². The van der Waals surface area contributed by atoms with Crippen LogP contribution in [0.2, 0.25) is 0 Å². The van der Waals surface area contributed by atoms with Crippen LogP contribution in [0.3, 0.4) is 0 Å². The van der Waals surface area contributed by atoms with Gasteiger partial charge in [0.05, 0.1) is 10.4 Å². The van der Waals surface area contributed by atoms with E-state index in [1.807, 2.05) is 40.2 Å². The van der Waals surface area contributed by atoms with Gasteiger partial charge in [-0.05, 0) is 82.3 Å². The molecule has 0 bridgehead atoms. The molecule has 0 fully saturated rings. The molecule has 2 aromatic carbocycles. The number of fused-ring (bicyclic) bond motifs is 6. The second-order valence-electron chi connectivity index (χ2n) is 10.8. The van der Waals surface area contributed by atoms with Crippen LogP contribution in [0, 0.1) is 12.8 Å². The summed E-state index contributed by atoms with van der Waals surface area (Å²) >= 11 is 5.74. The zero-order chi connectivity index (χ0) is 23.8. The smallest absolute Gasteiger partial charge is 0.0880 e. The van der Waals surface area contributed by atoms with E-state index in [9.17, 15) is 0 Å². The molecule has 0 spiro atoms. The van der Waals surface area contributed by atoms with Crippen LogP contribution < -0.4 is 0 Å². The van der Waals surface area contributed by atoms with E-state index >= 15 is 0 Å². The Bertz CT molecular complexity index is 1700. The van der Waals surface area contributed by atoms with Gasteiger partial charge in [0.15, 0.2) is 0 Å². The zero-order valence-electron chi connectivity index (χ0n) is 20.6. The number of aryl methyl sites for hydroxylation is 1. The van der Waals surface area contributed by atoms with Gasteiger partial charge in [0.25, 0.3) is 0 Å². The quantitative estimate of drug-likeness (QED) is 0.236. The fourth-order valence-corrected chi connectivity index (χ4v) is 9.03. The monoisotopic (exact) mass is 499 g/mol. The van der Waals surface area contributed by atoms with Crippen molar-refractivity contribution in [2.24, 2.45) is 5.92 Å². The predicted molar refractivity (Wildman–Crippen MR) is 155 cm³/mol. The third-order valence-corrected chi connectivity index (χ3v) is 10.3. The number of hydrogen-bond donors (Lipinski definition) is 0. The first kappa shape index (κ1) is 22.2. The van der Waals surface area contributed by atoms with E-state index in [-0.39, 0.29) is 5.41 Å². The molecule has 0 amide bonds. The molecule has 0 aliphatic heterocycles. The minimum absolute atomic E-state index is 0.0840. The van der Waals surface area contributed by atoms with Crippen LogP contribution in [0.15, 0.2) is 48.0 Å². The van der Waals surface area contributed by atoms with Crippen molar-refractivity contribution in [2.45, 2.75) is 53.4 Å². The lowest BCUT2D eigenvalue weighted by Gasteiger charge is -2.21. The summed E-state index contributed by atoms with van der Waals surface area (Å²) < 4.78 is 5.50. The molecule has 172 valence electrons. The molecule has 0 aliphatic rings. The molecule has 1 nitrogen and oxygen atoms in total. The molecule has 4 heteroatoms. The van der Waals surface area contributed by atoms with Crippen molar-refractivity contribution in [1.82, 2.24) is 4.98 Å². The Morgan fingerprint density at radius 2 is 1.74 bits per heavy atom. The van der Waals surface area contributed by atoms with Gasteiger partial charge in [-0.15, -0.1) is 34.0 Å². The van der Waals surface area contributed by atoms with Crippen molar-refractivity contribution in [3.05, 3.63) is 64.0 Å². The Labute approximate surface area is 213 Å². The van der Waals surface area contributed by atoms with Crippen molar-refractivity contribution >= 4 is 74.4 Å². The predicted octanol–water partition coefficient (Wildman–Crippen LogP) is 10.4. The maximum Gasteiger partial charge on any atom is 0.0880 e. The van der Waals surface area contributed by atoms with Gasteiger partial charge in [0.1, 0.15) is 0 Å². The van der Waals surface area contributed by atoms with Crippen molar-refractivity contribution in [2.75, 3.05) is 0 Å². The van der Waals surface area contributed by atoms with Gasteiger partial charge in [0.2, 0.25) is 0 Å². The highest BCUT2D eigenvalue weighted by Gasteiger charge is 2.22. The van der Waals surface area contributed by atoms with Crippen molar-refractivity contribution in [3.8, 4) is 11.3 Å². The van der Waals surface area contributed by atoms with E-state index in [4.69, 9.17) is 4.98 Å². The first-order chi connectivity index (χ1) is 16.2. The van der Waals surface area contributed by atoms with Gasteiger partial charge in [-0.3, -0.25) is 4.98 Å². The van der Waals surface area contributed by atoms with Gasteiger partial charge in [0, 0.05) is 41.5 Å². The highest BCUT2D eigenvalue weighted by Crippen LogP contribution is 2.46. The number of nitrogens with zero attached hydrogens (tertiary/aromatic N) is 1. The Hall–Kier alpha value is -2.27. The topological polar surface area (TPSA) is 12.9 Å². The average Bonchev–Trinajstić information content (AvgIpc) is 3.47. The van der Waals surface area contributed by atoms with E-state index in [1.165, 1.54) is 61.9 Å². The van der Waals surface area contributed by atoms with Crippen molar-refractivity contribution < 1.29 is 0 Å². The lowest BCUT2D eigenvalue weighted by molar-refractivity contribution is 0.597. The fraction of sp³-hybridized carbons (Fsp3) is 0.300. The molecule has 6 aromatic rings. The SMILES string of the molecule is Cc1c(CC(C)C)sc2c1ccc1sc3c(-c4cc(C(C)(C)C)c5sccc5c4)nccc3c12. The summed E-state index contributed by atoms with van der Waals surface area (Å²) in [5.41, 5.74) is 5.29. The Kier molecular flexibility index (Phi) is 5.14. The molecular weight excluding hydrogens is 471 g/mol. The van der Waals surface area contributed by atoms with Gasteiger partial charge < -0.3 is 0 Å². The Morgan fingerprint density at radius 1 is 0.912 bits per heavy atom. The molecule has 34 heavy (non-hydrogen) atoms. The molecule has 0 aliphatic carbocycles. The standard InChI is InChI=1S/C30H29NS3/c1-16(2)13-24-17(3)20-7-8-23-25(28(20)34-24)21-9-11-31-26(29(21)33-23)19-14-18-10-12-32-27(18)22(15-19)30(4,5)6/h7-12,14-16H,13H2,1-6H3.